The van der Waals surface area contributed by atoms with Crippen molar-refractivity contribution in [3.63, 3.8) is 0 Å². The van der Waals surface area contributed by atoms with E-state index in [2.05, 4.69) is 0 Å². The van der Waals surface area contributed by atoms with Gasteiger partial charge in [-0.25, -0.2) is 4.79 Å². The summed E-state index contributed by atoms with van der Waals surface area (Å²) in [6.07, 6.45) is 0.558. The number of carbonyl (C=O) groups excluding carboxylic acids is 1. The van der Waals surface area contributed by atoms with Crippen LogP contribution in [-0.4, -0.2) is 38.0 Å². The molecule has 0 amide bonds. The van der Waals surface area contributed by atoms with Gasteiger partial charge in [0.2, 0.25) is 0 Å². The van der Waals surface area contributed by atoms with Gasteiger partial charge in [0.25, 0.3) is 0 Å². The second kappa shape index (κ2) is 10.1. The number of benzene rings is 1. The summed E-state index contributed by atoms with van der Waals surface area (Å²) < 4.78 is 53.8. The quantitative estimate of drug-likeness (QED) is 0.299. The Morgan fingerprint density at radius 1 is 1.19 bits per heavy atom. The number of ether oxygens (including phenoxy) is 3. The highest BCUT2D eigenvalue weighted by molar-refractivity contribution is 5.82. The normalized spacial score (nSPS) is 19.1. The van der Waals surface area contributed by atoms with E-state index >= 15 is 0 Å². The van der Waals surface area contributed by atoms with Gasteiger partial charge < -0.3 is 14.2 Å². The van der Waals surface area contributed by atoms with E-state index in [1.165, 1.54) is 12.1 Å². The van der Waals surface area contributed by atoms with Gasteiger partial charge in [0.1, 0.15) is 0 Å². The minimum absolute atomic E-state index is 0.261. The molecule has 2 rings (SSSR count). The lowest BCUT2D eigenvalue weighted by Crippen LogP contribution is -2.27. The number of esters is 1. The van der Waals surface area contributed by atoms with Crippen molar-refractivity contribution >= 4 is 5.97 Å². The lowest BCUT2D eigenvalue weighted by Gasteiger charge is -2.10. The van der Waals surface area contributed by atoms with E-state index in [9.17, 15) is 18.0 Å². The van der Waals surface area contributed by atoms with E-state index in [1.54, 1.807) is 13.0 Å². The van der Waals surface area contributed by atoms with Crippen LogP contribution in [0.4, 0.5) is 13.2 Å². The average molecular weight is 388 g/mol. The van der Waals surface area contributed by atoms with Crippen LogP contribution >= 0.6 is 0 Å². The molecule has 1 aliphatic rings. The Morgan fingerprint density at radius 2 is 1.93 bits per heavy atom. The molecular formula is C20H27F3O4. The third-order valence-corrected chi connectivity index (χ3v) is 4.55. The number of halogens is 3. The van der Waals surface area contributed by atoms with Crippen molar-refractivity contribution in [1.82, 2.24) is 0 Å². The molecule has 0 saturated carbocycles. The zero-order chi connectivity index (χ0) is 19.8. The van der Waals surface area contributed by atoms with Crippen LogP contribution < -0.4 is 0 Å². The maximum atomic E-state index is 12.7. The first kappa shape index (κ1) is 21.7. The summed E-state index contributed by atoms with van der Waals surface area (Å²) in [6.45, 7) is 3.58. The summed E-state index contributed by atoms with van der Waals surface area (Å²) in [4.78, 5) is 11.7. The molecule has 0 bridgehead atoms. The van der Waals surface area contributed by atoms with Crippen LogP contribution in [0, 0.1) is 0 Å². The van der Waals surface area contributed by atoms with E-state index in [-0.39, 0.29) is 5.97 Å². The van der Waals surface area contributed by atoms with Gasteiger partial charge in [-0.3, -0.25) is 0 Å². The maximum absolute atomic E-state index is 12.7. The first-order valence-corrected chi connectivity index (χ1v) is 9.42. The Balaban J connectivity index is 1.50. The standard InChI is InChI=1S/C20H27F3O4/c1-2-26-18(24)19(15-27-19)11-5-3-4-6-12-25-13-10-16-8-7-9-17(14-16)20(21,22)23/h7-9,14H,2-6,10-13,15H2,1H3. The molecule has 27 heavy (non-hydrogen) atoms. The second-order valence-electron chi connectivity index (χ2n) is 6.73. The smallest absolute Gasteiger partial charge is 0.416 e. The van der Waals surface area contributed by atoms with Crippen LogP contribution in [0.5, 0.6) is 0 Å². The van der Waals surface area contributed by atoms with E-state index in [0.29, 0.717) is 44.8 Å². The Morgan fingerprint density at radius 3 is 2.59 bits per heavy atom. The highest BCUT2D eigenvalue weighted by Crippen LogP contribution is 2.34. The molecule has 0 radical (unpaired) electrons. The van der Waals surface area contributed by atoms with E-state index < -0.39 is 17.3 Å². The van der Waals surface area contributed by atoms with Crippen LogP contribution in [0.1, 0.15) is 50.2 Å². The van der Waals surface area contributed by atoms with Crippen LogP contribution in [0.15, 0.2) is 24.3 Å². The molecule has 1 aliphatic heterocycles. The fraction of sp³-hybridized carbons (Fsp3) is 0.650. The van der Waals surface area contributed by atoms with Crippen LogP contribution in [-0.2, 0) is 31.6 Å². The molecule has 7 heteroatoms. The summed E-state index contributed by atoms with van der Waals surface area (Å²) in [5, 5.41) is 0. The SMILES string of the molecule is CCOC(=O)C1(CCCCCCOCCc2cccc(C(F)(F)F)c2)CO1. The Kier molecular flexibility index (Phi) is 8.10. The number of hydrogen-bond donors (Lipinski definition) is 0. The summed E-state index contributed by atoms with van der Waals surface area (Å²) >= 11 is 0. The zero-order valence-corrected chi connectivity index (χ0v) is 15.6. The van der Waals surface area contributed by atoms with Gasteiger partial charge in [-0.1, -0.05) is 31.0 Å². The monoisotopic (exact) mass is 388 g/mol. The van der Waals surface area contributed by atoms with Crippen molar-refractivity contribution in [2.45, 2.75) is 57.2 Å². The van der Waals surface area contributed by atoms with Crippen molar-refractivity contribution in [3.05, 3.63) is 35.4 Å². The first-order valence-electron chi connectivity index (χ1n) is 9.42. The molecule has 0 spiro atoms. The number of alkyl halides is 3. The number of unbranched alkanes of at least 4 members (excludes halogenated alkanes) is 3. The summed E-state index contributed by atoms with van der Waals surface area (Å²) in [7, 11) is 0. The van der Waals surface area contributed by atoms with Crippen molar-refractivity contribution < 1.29 is 32.2 Å². The summed E-state index contributed by atoms with van der Waals surface area (Å²) in [6, 6.07) is 5.34. The molecule has 1 heterocycles. The summed E-state index contributed by atoms with van der Waals surface area (Å²) in [5.41, 5.74) is -0.698. The van der Waals surface area contributed by atoms with Gasteiger partial charge in [0, 0.05) is 6.61 Å². The van der Waals surface area contributed by atoms with Gasteiger partial charge in [-0.2, -0.15) is 13.2 Å². The number of hydrogen-bond acceptors (Lipinski definition) is 4. The largest absolute Gasteiger partial charge is 0.464 e. The van der Waals surface area contributed by atoms with Gasteiger partial charge >= 0.3 is 12.1 Å². The highest BCUT2D eigenvalue weighted by Gasteiger charge is 2.52. The third-order valence-electron chi connectivity index (χ3n) is 4.55. The maximum Gasteiger partial charge on any atom is 0.416 e. The second-order valence-corrected chi connectivity index (χ2v) is 6.73. The van der Waals surface area contributed by atoms with E-state index in [4.69, 9.17) is 14.2 Å². The van der Waals surface area contributed by atoms with Crippen molar-refractivity contribution in [1.29, 1.82) is 0 Å². The predicted octanol–water partition coefficient (Wildman–Crippen LogP) is 4.55. The van der Waals surface area contributed by atoms with Gasteiger partial charge in [-0.05, 0) is 44.2 Å². The minimum Gasteiger partial charge on any atom is -0.464 e. The summed E-state index contributed by atoms with van der Waals surface area (Å²) in [5.74, 6) is -0.261. The molecule has 1 saturated heterocycles. The Hall–Kier alpha value is -1.60. The van der Waals surface area contributed by atoms with Gasteiger partial charge in [-0.15, -0.1) is 0 Å². The van der Waals surface area contributed by atoms with Crippen molar-refractivity contribution in [3.8, 4) is 0 Å². The average Bonchev–Trinajstić information content (AvgIpc) is 3.41. The minimum atomic E-state index is -4.31. The molecule has 1 aromatic rings. The fourth-order valence-corrected chi connectivity index (χ4v) is 2.88. The lowest BCUT2D eigenvalue weighted by molar-refractivity contribution is -0.149. The fourth-order valence-electron chi connectivity index (χ4n) is 2.88. The van der Waals surface area contributed by atoms with Crippen LogP contribution in [0.2, 0.25) is 0 Å². The van der Waals surface area contributed by atoms with Crippen molar-refractivity contribution in [2.75, 3.05) is 26.4 Å². The van der Waals surface area contributed by atoms with Crippen molar-refractivity contribution in [2.24, 2.45) is 0 Å². The third kappa shape index (κ3) is 7.14. The molecule has 4 nitrogen and oxygen atoms in total. The molecule has 1 atom stereocenters. The van der Waals surface area contributed by atoms with Crippen LogP contribution in [0.3, 0.4) is 0 Å². The number of epoxide rings is 1. The molecule has 0 aliphatic carbocycles. The molecule has 0 aromatic heterocycles. The molecule has 0 N–H and O–H groups in total. The first-order chi connectivity index (χ1) is 12.9. The predicted molar refractivity (Wildman–Crippen MR) is 94.4 cm³/mol. The van der Waals surface area contributed by atoms with E-state index in [0.717, 1.165) is 31.7 Å². The Labute approximate surface area is 158 Å². The number of carbonyl (C=O) groups is 1. The lowest BCUT2D eigenvalue weighted by atomic mass is 10.0. The number of rotatable bonds is 12. The van der Waals surface area contributed by atoms with Gasteiger partial charge in [0.15, 0.2) is 5.60 Å². The zero-order valence-electron chi connectivity index (χ0n) is 15.6. The van der Waals surface area contributed by atoms with Gasteiger partial charge in [0.05, 0.1) is 25.4 Å². The Bertz CT molecular complexity index is 597. The molecule has 152 valence electrons. The molecule has 1 aromatic carbocycles. The van der Waals surface area contributed by atoms with Crippen LogP contribution in [0.25, 0.3) is 0 Å². The molecule has 1 fully saturated rings. The highest BCUT2D eigenvalue weighted by atomic mass is 19.4. The molecule has 1 unspecified atom stereocenters. The molecular weight excluding hydrogens is 361 g/mol. The van der Waals surface area contributed by atoms with E-state index in [1.807, 2.05) is 0 Å². The topological polar surface area (TPSA) is 48.1 Å².